The van der Waals surface area contributed by atoms with E-state index in [1.54, 1.807) is 24.3 Å². The van der Waals surface area contributed by atoms with Gasteiger partial charge < -0.3 is 14.5 Å². The van der Waals surface area contributed by atoms with Crippen molar-refractivity contribution in [1.29, 1.82) is 0 Å². The Kier molecular flexibility index (Phi) is 7.58. The number of carbonyl (C=O) groups excluding carboxylic acids is 2. The van der Waals surface area contributed by atoms with Crippen molar-refractivity contribution in [2.24, 2.45) is 0 Å². The molecule has 122 valence electrons. The van der Waals surface area contributed by atoms with Gasteiger partial charge in [0.1, 0.15) is 0 Å². The van der Waals surface area contributed by atoms with E-state index in [0.29, 0.717) is 30.5 Å². The summed E-state index contributed by atoms with van der Waals surface area (Å²) < 4.78 is 10.9. The van der Waals surface area contributed by atoms with E-state index in [0.717, 1.165) is 5.06 Å². The van der Waals surface area contributed by atoms with E-state index >= 15 is 0 Å². The van der Waals surface area contributed by atoms with E-state index in [1.165, 1.54) is 0 Å². The molecule has 2 N–H and O–H groups in total. The van der Waals surface area contributed by atoms with Crippen LogP contribution in [0.1, 0.15) is 34.6 Å². The van der Waals surface area contributed by atoms with Crippen LogP contribution in [0.2, 0.25) is 0 Å². The van der Waals surface area contributed by atoms with Crippen molar-refractivity contribution in [2.75, 3.05) is 26.0 Å². The number of rotatable bonds is 8. The van der Waals surface area contributed by atoms with Crippen molar-refractivity contribution in [3.63, 3.8) is 0 Å². The smallest absolute Gasteiger partial charge is 0.285 e. The van der Waals surface area contributed by atoms with Crippen LogP contribution in [-0.2, 0) is 13.9 Å². The van der Waals surface area contributed by atoms with E-state index in [2.05, 4.69) is 0 Å². The van der Waals surface area contributed by atoms with Gasteiger partial charge in [0.15, 0.2) is 8.38 Å². The average molecular weight is 329 g/mol. The molecular formula is C14H20NO6P. The average Bonchev–Trinajstić information content (AvgIpc) is 2.73. The monoisotopic (exact) mass is 329 g/mol. The minimum atomic E-state index is -1.04. The maximum atomic E-state index is 12.1. The highest BCUT2D eigenvalue weighted by molar-refractivity contribution is 7.47. The summed E-state index contributed by atoms with van der Waals surface area (Å²) in [7, 11) is -1.04. The molecule has 7 nitrogen and oxygen atoms in total. The number of fused-ring (bicyclic) bond motifs is 1. The quantitative estimate of drug-likeness (QED) is 0.535. The molecule has 0 aromatic heterocycles. The molecule has 0 bridgehead atoms. The molecule has 0 saturated carbocycles. The molecule has 1 aromatic carbocycles. The van der Waals surface area contributed by atoms with Crippen molar-refractivity contribution >= 4 is 20.2 Å². The Morgan fingerprint density at radius 3 is 1.95 bits per heavy atom. The molecule has 1 aromatic rings. The van der Waals surface area contributed by atoms with Gasteiger partial charge in [0.25, 0.3) is 11.8 Å². The van der Waals surface area contributed by atoms with Crippen molar-refractivity contribution < 1.29 is 29.0 Å². The molecule has 0 aliphatic carbocycles. The minimum Gasteiger partial charge on any atom is -0.412 e. The summed E-state index contributed by atoms with van der Waals surface area (Å²) in [6.45, 7) is 5.08. The number of carbonyl (C=O) groups is 2. The molecule has 0 spiro atoms. The van der Waals surface area contributed by atoms with Crippen LogP contribution in [0.5, 0.6) is 0 Å². The first-order valence-electron chi connectivity index (χ1n) is 6.83. The first-order chi connectivity index (χ1) is 10.2. The van der Waals surface area contributed by atoms with E-state index in [1.807, 2.05) is 13.8 Å². The van der Waals surface area contributed by atoms with Crippen LogP contribution < -0.4 is 0 Å². The number of hydroxylamine groups is 2. The first-order valence-corrected chi connectivity index (χ1v) is 8.19. The van der Waals surface area contributed by atoms with Crippen LogP contribution >= 0.6 is 8.38 Å². The maximum absolute atomic E-state index is 12.1. The van der Waals surface area contributed by atoms with Gasteiger partial charge >= 0.3 is 0 Å². The maximum Gasteiger partial charge on any atom is 0.285 e. The highest BCUT2D eigenvalue weighted by Gasteiger charge is 2.36. The Morgan fingerprint density at radius 1 is 1.00 bits per heavy atom. The Labute approximate surface area is 130 Å². The van der Waals surface area contributed by atoms with Gasteiger partial charge in [0.2, 0.25) is 0 Å². The molecular weight excluding hydrogens is 309 g/mol. The summed E-state index contributed by atoms with van der Waals surface area (Å²) in [6, 6.07) is 6.67. The fourth-order valence-corrected chi connectivity index (χ4v) is 3.08. The molecule has 1 aliphatic heterocycles. The standard InChI is InChI=1S/C14H18NO5P.H2O/c1-3-19-21(20-4-2)10-9-18-15-13(16)11-7-5-6-8-12(11)14(15)17;/h5-8H,3-4,9-10H2,1-2H3;1H2. The van der Waals surface area contributed by atoms with Crippen LogP contribution in [-0.4, -0.2) is 48.3 Å². The third kappa shape index (κ3) is 4.09. The Bertz CT molecular complexity index is 483. The number of imide groups is 1. The van der Waals surface area contributed by atoms with Crippen molar-refractivity contribution in [1.82, 2.24) is 5.06 Å². The van der Waals surface area contributed by atoms with Crippen LogP contribution in [0.25, 0.3) is 0 Å². The van der Waals surface area contributed by atoms with Gasteiger partial charge in [0, 0.05) is 6.16 Å². The zero-order valence-corrected chi connectivity index (χ0v) is 13.5. The van der Waals surface area contributed by atoms with Gasteiger partial charge in [-0.1, -0.05) is 12.1 Å². The molecule has 0 unspecified atom stereocenters. The van der Waals surface area contributed by atoms with Gasteiger partial charge in [-0.2, -0.15) is 0 Å². The molecule has 0 atom stereocenters. The van der Waals surface area contributed by atoms with E-state index in [4.69, 9.17) is 13.9 Å². The summed E-state index contributed by atoms with van der Waals surface area (Å²) in [5.41, 5.74) is 0.749. The van der Waals surface area contributed by atoms with Crippen LogP contribution in [0.3, 0.4) is 0 Å². The van der Waals surface area contributed by atoms with Crippen molar-refractivity contribution in [3.8, 4) is 0 Å². The van der Waals surface area contributed by atoms with E-state index in [9.17, 15) is 9.59 Å². The Morgan fingerprint density at radius 2 is 1.50 bits per heavy atom. The highest BCUT2D eigenvalue weighted by Crippen LogP contribution is 2.37. The molecule has 0 radical (unpaired) electrons. The molecule has 22 heavy (non-hydrogen) atoms. The van der Waals surface area contributed by atoms with Gasteiger partial charge in [-0.15, -0.1) is 5.06 Å². The van der Waals surface area contributed by atoms with Crippen molar-refractivity contribution in [2.45, 2.75) is 13.8 Å². The number of hydrogen-bond donors (Lipinski definition) is 0. The lowest BCUT2D eigenvalue weighted by atomic mass is 10.1. The van der Waals surface area contributed by atoms with Gasteiger partial charge in [-0.3, -0.25) is 14.4 Å². The molecule has 1 heterocycles. The second-order valence-corrected chi connectivity index (χ2v) is 5.80. The van der Waals surface area contributed by atoms with Gasteiger partial charge in [-0.05, 0) is 26.0 Å². The SMILES string of the molecule is CCOP(CCON1C(=O)c2ccccc2C1=O)OCC.O. The summed E-state index contributed by atoms with van der Waals surface area (Å²) in [5, 5.41) is 0.816. The number of benzene rings is 1. The van der Waals surface area contributed by atoms with E-state index < -0.39 is 20.2 Å². The Hall–Kier alpha value is -1.37. The van der Waals surface area contributed by atoms with Gasteiger partial charge in [-0.25, -0.2) is 0 Å². The number of hydrogen-bond acceptors (Lipinski definition) is 5. The highest BCUT2D eigenvalue weighted by atomic mass is 31.2. The second-order valence-electron chi connectivity index (χ2n) is 4.18. The molecule has 0 saturated heterocycles. The lowest BCUT2D eigenvalue weighted by Crippen LogP contribution is -2.31. The summed E-state index contributed by atoms with van der Waals surface area (Å²) in [4.78, 5) is 29.4. The van der Waals surface area contributed by atoms with Gasteiger partial charge in [0.05, 0.1) is 30.9 Å². The number of nitrogens with zero attached hydrogens (tertiary/aromatic N) is 1. The predicted octanol–water partition coefficient (Wildman–Crippen LogP) is 1.77. The van der Waals surface area contributed by atoms with E-state index in [-0.39, 0.29) is 12.1 Å². The second kappa shape index (κ2) is 8.92. The number of amides is 2. The first kappa shape index (κ1) is 18.7. The summed E-state index contributed by atoms with van der Waals surface area (Å²) in [6.07, 6.45) is 0.504. The molecule has 1 aliphatic rings. The topological polar surface area (TPSA) is 96.6 Å². The fourth-order valence-electron chi connectivity index (χ4n) is 1.95. The van der Waals surface area contributed by atoms with Crippen LogP contribution in [0, 0.1) is 0 Å². The lowest BCUT2D eigenvalue weighted by Gasteiger charge is -2.17. The summed E-state index contributed by atoms with van der Waals surface area (Å²) in [5.74, 6) is -0.847. The third-order valence-corrected chi connectivity index (χ3v) is 4.44. The zero-order chi connectivity index (χ0) is 15.2. The molecule has 2 amide bonds. The molecule has 2 rings (SSSR count). The predicted molar refractivity (Wildman–Crippen MR) is 81.5 cm³/mol. The van der Waals surface area contributed by atoms with Crippen LogP contribution in [0.4, 0.5) is 0 Å². The fraction of sp³-hybridized carbons (Fsp3) is 0.429. The minimum absolute atomic E-state index is 0. The molecule has 8 heteroatoms. The van der Waals surface area contributed by atoms with Crippen LogP contribution in [0.15, 0.2) is 24.3 Å². The van der Waals surface area contributed by atoms with Crippen molar-refractivity contribution in [3.05, 3.63) is 35.4 Å². The largest absolute Gasteiger partial charge is 0.412 e. The molecule has 0 fully saturated rings. The zero-order valence-electron chi connectivity index (χ0n) is 12.6. The Balaban J connectivity index is 0.00000242. The summed E-state index contributed by atoms with van der Waals surface area (Å²) >= 11 is 0. The lowest BCUT2D eigenvalue weighted by molar-refractivity contribution is -0.0861. The normalized spacial score (nSPS) is 13.5. The third-order valence-electron chi connectivity index (χ3n) is 2.80.